The van der Waals surface area contributed by atoms with Gasteiger partial charge < -0.3 is 35.6 Å². The number of amides is 3. The maximum atomic E-state index is 12.6. The van der Waals surface area contributed by atoms with Crippen LogP contribution in [0.3, 0.4) is 0 Å². The van der Waals surface area contributed by atoms with Crippen LogP contribution in [0.25, 0.3) is 0 Å². The summed E-state index contributed by atoms with van der Waals surface area (Å²) < 4.78 is 0. The van der Waals surface area contributed by atoms with Crippen molar-refractivity contribution in [2.24, 2.45) is 5.92 Å². The lowest BCUT2D eigenvalue weighted by atomic mass is 10.1. The second kappa shape index (κ2) is 29.2. The molecule has 1 aliphatic rings. The molecule has 0 radical (unpaired) electrons. The predicted octanol–water partition coefficient (Wildman–Crippen LogP) is -1.40. The number of aliphatic hydroxyl groups is 1. The van der Waals surface area contributed by atoms with Gasteiger partial charge in [-0.1, -0.05) is 20.8 Å². The molecule has 16 nitrogen and oxygen atoms in total. The number of urea groups is 1. The van der Waals surface area contributed by atoms with Crippen molar-refractivity contribution in [3.8, 4) is 0 Å². The van der Waals surface area contributed by atoms with E-state index in [0.29, 0.717) is 51.7 Å². The molecule has 0 aromatic heterocycles. The number of hydrogen-bond donors (Lipinski definition) is 6. The van der Waals surface area contributed by atoms with E-state index in [1.807, 2.05) is 14.7 Å². The first-order chi connectivity index (χ1) is 20.6. The van der Waals surface area contributed by atoms with Gasteiger partial charge in [0.2, 0.25) is 5.91 Å². The fraction of sp³-hybridized carbons (Fsp3) is 0.815. The Bertz CT molecular complexity index is 748. The Hall–Kier alpha value is -2.89. The minimum Gasteiger partial charge on any atom is -0.483 e. The number of nitrogens with one attached hydrogen (secondary N) is 3. The van der Waals surface area contributed by atoms with Crippen LogP contribution in [0.15, 0.2) is 0 Å². The monoisotopic (exact) mass is 621 g/mol. The van der Waals surface area contributed by atoms with E-state index in [2.05, 4.69) is 41.8 Å². The molecule has 0 bridgehead atoms. The Morgan fingerprint density at radius 1 is 0.837 bits per heavy atom. The molecule has 252 valence electrons. The number of hydrogen-bond acceptors (Lipinski definition) is 11. The van der Waals surface area contributed by atoms with E-state index >= 15 is 0 Å². The number of aliphatic carboxylic acids is 1. The number of hydroxylamine groups is 1. The molecule has 0 aliphatic carbocycles. The molecule has 0 atom stereocenters. The molecule has 16 heteroatoms. The summed E-state index contributed by atoms with van der Waals surface area (Å²) in [5.41, 5.74) is 2.31. The molecule has 1 heterocycles. The average Bonchev–Trinajstić information content (AvgIpc) is 2.96. The number of carboxylic acid groups (broad SMARTS) is 2. The molecule has 6 N–H and O–H groups in total. The van der Waals surface area contributed by atoms with Gasteiger partial charge in [-0.15, -0.1) is 0 Å². The summed E-state index contributed by atoms with van der Waals surface area (Å²) in [4.78, 5) is 68.4. The molecule has 0 aromatic rings. The van der Waals surface area contributed by atoms with Gasteiger partial charge >= 0.3 is 12.0 Å². The highest BCUT2D eigenvalue weighted by Crippen LogP contribution is 2.02. The van der Waals surface area contributed by atoms with Crippen LogP contribution in [0.1, 0.15) is 33.6 Å². The van der Waals surface area contributed by atoms with Crippen molar-refractivity contribution in [1.82, 2.24) is 35.7 Å². The van der Waals surface area contributed by atoms with Crippen LogP contribution in [0.2, 0.25) is 0 Å². The zero-order valence-corrected chi connectivity index (χ0v) is 26.3. The molecule has 1 aliphatic heterocycles. The molecule has 1 fully saturated rings. The molecule has 0 unspecified atom stereocenters. The van der Waals surface area contributed by atoms with Crippen LogP contribution in [-0.4, -0.2) is 171 Å². The Morgan fingerprint density at radius 3 is 1.84 bits per heavy atom. The van der Waals surface area contributed by atoms with Gasteiger partial charge in [-0.05, 0) is 25.3 Å². The Morgan fingerprint density at radius 2 is 1.35 bits per heavy atom. The maximum Gasteiger partial charge on any atom is 0.338 e. The third kappa shape index (κ3) is 26.5. The SMILES string of the molecule is CCN1CCN(CC=O)CCN(CC(=O)O)CCN(CC(=O)NCCONC(=O)NCCCC(C)C)CC1.CO.O=CO. The summed E-state index contributed by atoms with van der Waals surface area (Å²) in [6.45, 7) is 13.4. The van der Waals surface area contributed by atoms with Crippen molar-refractivity contribution in [1.29, 1.82) is 0 Å². The quantitative estimate of drug-likeness (QED) is 0.0709. The van der Waals surface area contributed by atoms with Crippen molar-refractivity contribution in [3.05, 3.63) is 0 Å². The van der Waals surface area contributed by atoms with Gasteiger partial charge in [-0.2, -0.15) is 0 Å². The number of aldehydes is 1. The second-order valence-corrected chi connectivity index (χ2v) is 10.0. The van der Waals surface area contributed by atoms with Crippen molar-refractivity contribution in [2.45, 2.75) is 33.6 Å². The lowest BCUT2D eigenvalue weighted by Crippen LogP contribution is -2.49. The number of nitrogens with zero attached hydrogens (tertiary/aromatic N) is 4. The fourth-order valence-electron chi connectivity index (χ4n) is 4.06. The van der Waals surface area contributed by atoms with E-state index in [0.717, 1.165) is 52.4 Å². The summed E-state index contributed by atoms with van der Waals surface area (Å²) in [5, 5.41) is 28.7. The number of carbonyl (C=O) groups excluding carboxylic acids is 3. The highest BCUT2D eigenvalue weighted by Gasteiger charge is 2.18. The molecule has 0 saturated carbocycles. The van der Waals surface area contributed by atoms with Gasteiger partial charge in [0.15, 0.2) is 0 Å². The maximum absolute atomic E-state index is 12.6. The lowest BCUT2D eigenvalue weighted by molar-refractivity contribution is -0.138. The van der Waals surface area contributed by atoms with Crippen LogP contribution < -0.4 is 16.1 Å². The zero-order chi connectivity index (χ0) is 32.9. The summed E-state index contributed by atoms with van der Waals surface area (Å²) in [5.74, 6) is -0.474. The van der Waals surface area contributed by atoms with E-state index in [-0.39, 0.29) is 38.6 Å². The molecule has 0 spiro atoms. The fourth-order valence-corrected chi connectivity index (χ4v) is 4.06. The zero-order valence-electron chi connectivity index (χ0n) is 26.3. The highest BCUT2D eigenvalue weighted by atomic mass is 16.7. The third-order valence-electron chi connectivity index (χ3n) is 6.37. The van der Waals surface area contributed by atoms with Gasteiger partial charge in [0.25, 0.3) is 6.47 Å². The molecule has 0 aromatic carbocycles. The summed E-state index contributed by atoms with van der Waals surface area (Å²) >= 11 is 0. The number of aliphatic hydroxyl groups excluding tert-OH is 1. The summed E-state index contributed by atoms with van der Waals surface area (Å²) in [7, 11) is 1.00. The smallest absolute Gasteiger partial charge is 0.338 e. The molecule has 1 saturated heterocycles. The number of rotatable bonds is 15. The topological polar surface area (TPSA) is 204 Å². The predicted molar refractivity (Wildman–Crippen MR) is 162 cm³/mol. The molecule has 43 heavy (non-hydrogen) atoms. The Kier molecular flexibility index (Phi) is 28.7. The number of carbonyl (C=O) groups is 5. The first-order valence-electron chi connectivity index (χ1n) is 14.6. The summed E-state index contributed by atoms with van der Waals surface area (Å²) in [6, 6.07) is -0.403. The van der Waals surface area contributed by atoms with Gasteiger partial charge in [0.1, 0.15) is 6.29 Å². The average molecular weight is 622 g/mol. The lowest BCUT2D eigenvalue weighted by Gasteiger charge is -2.32. The summed E-state index contributed by atoms with van der Waals surface area (Å²) in [6.07, 6.45) is 2.83. The third-order valence-corrected chi connectivity index (χ3v) is 6.37. The van der Waals surface area contributed by atoms with E-state index in [1.165, 1.54) is 0 Å². The van der Waals surface area contributed by atoms with E-state index in [1.54, 1.807) is 0 Å². The van der Waals surface area contributed by atoms with Gasteiger partial charge in [-0.25, -0.2) is 10.3 Å². The van der Waals surface area contributed by atoms with E-state index in [4.69, 9.17) is 19.8 Å². The minimum atomic E-state index is -0.904. The normalized spacial score (nSPS) is 15.8. The van der Waals surface area contributed by atoms with Crippen molar-refractivity contribution < 1.29 is 44.1 Å². The molecule has 3 amide bonds. The molecule has 1 rings (SSSR count). The van der Waals surface area contributed by atoms with E-state index < -0.39 is 12.0 Å². The van der Waals surface area contributed by atoms with Crippen LogP contribution in [0.4, 0.5) is 4.79 Å². The van der Waals surface area contributed by atoms with Crippen LogP contribution >= 0.6 is 0 Å². The van der Waals surface area contributed by atoms with Gasteiger partial charge in [0.05, 0.1) is 26.2 Å². The van der Waals surface area contributed by atoms with Crippen molar-refractivity contribution in [3.63, 3.8) is 0 Å². The Labute approximate surface area is 255 Å². The van der Waals surface area contributed by atoms with E-state index in [9.17, 15) is 24.3 Å². The number of likely N-dealkylation sites (N-methyl/N-ethyl adjacent to an activating group) is 1. The molecular weight excluding hydrogens is 566 g/mol. The molecular formula is C27H55N7O9. The minimum absolute atomic E-state index is 0.0916. The standard InChI is InChI=1S/C25H49N7O6.CH2O2.CH4O/c1-4-29-9-11-30(17-18-33)12-14-32(21-24(35)36)16-15-31(13-10-29)20-23(34)26-8-19-38-28-25(37)27-7-5-6-22(2)3;2-1-3;1-2/h18,22H,4-17,19-21H2,1-3H3,(H,26,34)(H,35,36)(H2,27,28,37);1H,(H,2,3);2H,1H3. The number of carboxylic acids is 1. The highest BCUT2D eigenvalue weighted by molar-refractivity contribution is 5.78. The Balaban J connectivity index is 0. The van der Waals surface area contributed by atoms with Crippen molar-refractivity contribution >= 4 is 30.7 Å². The first-order valence-corrected chi connectivity index (χ1v) is 14.6. The largest absolute Gasteiger partial charge is 0.483 e. The first kappa shape index (κ1) is 42.2. The van der Waals surface area contributed by atoms with Crippen LogP contribution in [-0.2, 0) is 24.0 Å². The van der Waals surface area contributed by atoms with Gasteiger partial charge in [0, 0.05) is 72.6 Å². The van der Waals surface area contributed by atoms with Crippen LogP contribution in [0.5, 0.6) is 0 Å². The second-order valence-electron chi connectivity index (χ2n) is 10.0. The van der Waals surface area contributed by atoms with Gasteiger partial charge in [-0.3, -0.25) is 33.9 Å². The van der Waals surface area contributed by atoms with Crippen molar-refractivity contribution in [2.75, 3.05) is 105 Å². The van der Waals surface area contributed by atoms with Crippen LogP contribution in [0, 0.1) is 5.92 Å².